The zero-order valence-electron chi connectivity index (χ0n) is 13.8. The lowest BCUT2D eigenvalue weighted by molar-refractivity contribution is -0.137. The van der Waals surface area contributed by atoms with Crippen LogP contribution in [-0.2, 0) is 4.79 Å². The summed E-state index contributed by atoms with van der Waals surface area (Å²) in [6.45, 7) is 4.05. The molecule has 0 atom stereocenters. The minimum atomic E-state index is -0.106. The average molecular weight is 407 g/mol. The van der Waals surface area contributed by atoms with E-state index >= 15 is 0 Å². The van der Waals surface area contributed by atoms with Gasteiger partial charge < -0.3 is 15.1 Å². The maximum Gasteiger partial charge on any atom is 0.255 e. The van der Waals surface area contributed by atoms with Gasteiger partial charge in [0.25, 0.3) is 5.91 Å². The van der Waals surface area contributed by atoms with E-state index < -0.39 is 0 Å². The van der Waals surface area contributed by atoms with Crippen molar-refractivity contribution in [1.29, 1.82) is 0 Å². The third kappa shape index (κ3) is 4.79. The van der Waals surface area contributed by atoms with Gasteiger partial charge >= 0.3 is 0 Å². The highest BCUT2D eigenvalue weighted by molar-refractivity contribution is 6.36. The summed E-state index contributed by atoms with van der Waals surface area (Å²) in [5.74, 6) is 0.248. The predicted octanol–water partition coefficient (Wildman–Crippen LogP) is 2.70. The van der Waals surface area contributed by atoms with Gasteiger partial charge in [-0.1, -0.05) is 23.2 Å². The summed E-state index contributed by atoms with van der Waals surface area (Å²) in [4.78, 5) is 28.8. The molecule has 8 heteroatoms. The molecule has 0 aliphatic carbocycles. The number of carbonyl (C=O) groups excluding carboxylic acids is 2. The monoisotopic (exact) mass is 405 g/mol. The topological polar surface area (TPSA) is 52.7 Å². The van der Waals surface area contributed by atoms with Crippen molar-refractivity contribution < 1.29 is 9.59 Å². The zero-order valence-corrected chi connectivity index (χ0v) is 16.2. The summed E-state index contributed by atoms with van der Waals surface area (Å²) in [7, 11) is 0. The second-order valence-corrected chi connectivity index (χ2v) is 7.11. The molecule has 2 aliphatic heterocycles. The molecule has 2 saturated heterocycles. The van der Waals surface area contributed by atoms with Crippen molar-refractivity contribution in [2.24, 2.45) is 5.92 Å². The van der Waals surface area contributed by atoms with E-state index in [0.717, 1.165) is 25.9 Å². The van der Waals surface area contributed by atoms with Gasteiger partial charge in [-0.15, -0.1) is 12.4 Å². The van der Waals surface area contributed by atoms with Crippen molar-refractivity contribution in [3.8, 4) is 0 Å². The molecule has 3 rings (SSSR count). The molecule has 1 aromatic rings. The van der Waals surface area contributed by atoms with Crippen LogP contribution in [0.4, 0.5) is 0 Å². The van der Waals surface area contributed by atoms with E-state index in [9.17, 15) is 9.59 Å². The fourth-order valence-corrected chi connectivity index (χ4v) is 3.78. The Morgan fingerprint density at radius 3 is 2.20 bits per heavy atom. The number of hydrogen-bond acceptors (Lipinski definition) is 3. The highest BCUT2D eigenvalue weighted by atomic mass is 35.5. The second-order valence-electron chi connectivity index (χ2n) is 6.27. The summed E-state index contributed by atoms with van der Waals surface area (Å²) in [5, 5.41) is 4.15. The van der Waals surface area contributed by atoms with Crippen LogP contribution in [0.2, 0.25) is 10.0 Å². The van der Waals surface area contributed by atoms with Crippen molar-refractivity contribution in [3.05, 3.63) is 33.8 Å². The number of rotatable bonds is 2. The Kier molecular flexibility index (Phi) is 7.37. The Hall–Kier alpha value is -1.01. The van der Waals surface area contributed by atoms with Crippen molar-refractivity contribution in [1.82, 2.24) is 15.1 Å². The number of amides is 2. The number of nitrogens with zero attached hydrogens (tertiary/aromatic N) is 2. The quantitative estimate of drug-likeness (QED) is 0.821. The molecule has 0 bridgehead atoms. The second kappa shape index (κ2) is 9.08. The fourth-order valence-electron chi connectivity index (χ4n) is 3.29. The Balaban J connectivity index is 0.00000225. The molecule has 2 amide bonds. The fraction of sp³-hybridized carbons (Fsp3) is 0.529. The van der Waals surface area contributed by atoms with Crippen LogP contribution < -0.4 is 5.32 Å². The van der Waals surface area contributed by atoms with Gasteiger partial charge in [-0.2, -0.15) is 0 Å². The standard InChI is InChI=1S/C17H21Cl2N3O2.ClH/c18-13-1-2-14(15(19)11-13)17(24)22-9-7-21(8-10-22)16(23)12-3-5-20-6-4-12;/h1-2,11-12,20H,3-10H2;1H. The molecule has 0 unspecified atom stereocenters. The molecule has 1 aromatic carbocycles. The largest absolute Gasteiger partial charge is 0.339 e. The Bertz CT molecular complexity index is 628. The molecule has 0 saturated carbocycles. The number of piperidine rings is 1. The summed E-state index contributed by atoms with van der Waals surface area (Å²) < 4.78 is 0. The number of hydrogen-bond donors (Lipinski definition) is 1. The molecule has 0 spiro atoms. The Labute approximate surface area is 164 Å². The minimum Gasteiger partial charge on any atom is -0.339 e. The Morgan fingerprint density at radius 2 is 1.60 bits per heavy atom. The van der Waals surface area contributed by atoms with Gasteiger partial charge in [-0.25, -0.2) is 0 Å². The van der Waals surface area contributed by atoms with E-state index in [-0.39, 0.29) is 30.1 Å². The highest BCUT2D eigenvalue weighted by Gasteiger charge is 2.30. The van der Waals surface area contributed by atoms with Crippen LogP contribution in [0.3, 0.4) is 0 Å². The van der Waals surface area contributed by atoms with Crippen LogP contribution in [-0.4, -0.2) is 60.9 Å². The van der Waals surface area contributed by atoms with Crippen molar-refractivity contribution in [2.75, 3.05) is 39.3 Å². The Morgan fingerprint density at radius 1 is 1.00 bits per heavy atom. The first-order valence-corrected chi connectivity index (χ1v) is 9.05. The molecule has 138 valence electrons. The zero-order chi connectivity index (χ0) is 17.1. The summed E-state index contributed by atoms with van der Waals surface area (Å²) in [5.41, 5.74) is 0.458. The normalized spacial score (nSPS) is 18.6. The first kappa shape index (κ1) is 20.3. The van der Waals surface area contributed by atoms with Crippen LogP contribution in [0, 0.1) is 5.92 Å². The van der Waals surface area contributed by atoms with Crippen molar-refractivity contribution in [2.45, 2.75) is 12.8 Å². The third-order valence-corrected chi connectivity index (χ3v) is 5.28. The number of piperazine rings is 1. The van der Waals surface area contributed by atoms with E-state index in [0.29, 0.717) is 41.8 Å². The first-order valence-electron chi connectivity index (χ1n) is 8.30. The first-order chi connectivity index (χ1) is 11.6. The molecule has 2 fully saturated rings. The molecular weight excluding hydrogens is 385 g/mol. The highest BCUT2D eigenvalue weighted by Crippen LogP contribution is 2.23. The average Bonchev–Trinajstić information content (AvgIpc) is 2.61. The van der Waals surface area contributed by atoms with Gasteiger partial charge in [-0.05, 0) is 44.1 Å². The van der Waals surface area contributed by atoms with E-state index in [4.69, 9.17) is 23.2 Å². The minimum absolute atomic E-state index is 0. The molecule has 25 heavy (non-hydrogen) atoms. The lowest BCUT2D eigenvalue weighted by Crippen LogP contribution is -2.52. The van der Waals surface area contributed by atoms with Gasteiger partial charge in [0, 0.05) is 37.1 Å². The van der Waals surface area contributed by atoms with Gasteiger partial charge in [0.2, 0.25) is 5.91 Å². The van der Waals surface area contributed by atoms with Crippen molar-refractivity contribution in [3.63, 3.8) is 0 Å². The molecule has 5 nitrogen and oxygen atoms in total. The lowest BCUT2D eigenvalue weighted by Gasteiger charge is -2.37. The molecule has 0 radical (unpaired) electrons. The van der Waals surface area contributed by atoms with Gasteiger partial charge in [0.1, 0.15) is 0 Å². The smallest absolute Gasteiger partial charge is 0.255 e. The maximum absolute atomic E-state index is 12.6. The lowest BCUT2D eigenvalue weighted by atomic mass is 9.96. The van der Waals surface area contributed by atoms with E-state index in [1.165, 1.54) is 0 Å². The number of carbonyl (C=O) groups is 2. The van der Waals surface area contributed by atoms with Crippen LogP contribution in [0.5, 0.6) is 0 Å². The van der Waals surface area contributed by atoms with E-state index in [2.05, 4.69) is 5.32 Å². The number of benzene rings is 1. The molecule has 2 aliphatic rings. The predicted molar refractivity (Wildman–Crippen MR) is 102 cm³/mol. The van der Waals surface area contributed by atoms with Crippen LogP contribution >= 0.6 is 35.6 Å². The van der Waals surface area contributed by atoms with Gasteiger partial charge in [0.05, 0.1) is 10.6 Å². The number of nitrogens with one attached hydrogen (secondary N) is 1. The summed E-state index contributed by atoms with van der Waals surface area (Å²) >= 11 is 12.0. The molecule has 0 aromatic heterocycles. The summed E-state index contributed by atoms with van der Waals surface area (Å²) in [6.07, 6.45) is 1.80. The molecule has 1 N–H and O–H groups in total. The molecule has 2 heterocycles. The van der Waals surface area contributed by atoms with Gasteiger partial charge in [-0.3, -0.25) is 9.59 Å². The number of halogens is 3. The van der Waals surface area contributed by atoms with Crippen LogP contribution in [0.15, 0.2) is 18.2 Å². The van der Waals surface area contributed by atoms with Crippen LogP contribution in [0.1, 0.15) is 23.2 Å². The third-order valence-electron chi connectivity index (χ3n) is 4.73. The molecular formula is C17H22Cl3N3O2. The van der Waals surface area contributed by atoms with E-state index in [1.54, 1.807) is 23.1 Å². The van der Waals surface area contributed by atoms with Crippen LogP contribution in [0.25, 0.3) is 0 Å². The summed E-state index contributed by atoms with van der Waals surface area (Å²) in [6, 6.07) is 4.89. The van der Waals surface area contributed by atoms with E-state index in [1.807, 2.05) is 4.90 Å². The van der Waals surface area contributed by atoms with Gasteiger partial charge in [0.15, 0.2) is 0 Å². The van der Waals surface area contributed by atoms with Crippen molar-refractivity contribution >= 4 is 47.4 Å². The maximum atomic E-state index is 12.6. The SMILES string of the molecule is Cl.O=C(c1ccc(Cl)cc1Cl)N1CCN(C(=O)C2CCNCC2)CC1.